The molecule has 1 aliphatic heterocycles. The lowest BCUT2D eigenvalue weighted by molar-refractivity contribution is -0.146. The van der Waals surface area contributed by atoms with Crippen LogP contribution in [-0.2, 0) is 14.3 Å². The number of nitrogens with zero attached hydrogens (tertiary/aromatic N) is 1. The summed E-state index contributed by atoms with van der Waals surface area (Å²) >= 11 is 1.52. The Hall–Kier alpha value is -1.44. The molecule has 1 saturated heterocycles. The summed E-state index contributed by atoms with van der Waals surface area (Å²) in [4.78, 5) is 36.3. The van der Waals surface area contributed by atoms with Gasteiger partial charge in [0.2, 0.25) is 0 Å². The number of hydrogen-bond acceptors (Lipinski definition) is 5. The molecule has 7 nitrogen and oxygen atoms in total. The molecule has 1 fully saturated rings. The zero-order chi connectivity index (χ0) is 16.0. The number of carbonyl (C=O) groups excluding carboxylic acids is 2. The van der Waals surface area contributed by atoms with E-state index in [1.807, 2.05) is 13.2 Å². The molecule has 0 spiro atoms. The number of nitrogens with one attached hydrogen (secondary N) is 1. The number of carboxylic acids is 1. The number of methoxy groups -OCH3 is 1. The number of esters is 1. The van der Waals surface area contributed by atoms with Crippen LogP contribution in [0.4, 0.5) is 4.79 Å². The van der Waals surface area contributed by atoms with Crippen LogP contribution in [0.25, 0.3) is 0 Å². The van der Waals surface area contributed by atoms with Gasteiger partial charge in [-0.1, -0.05) is 6.92 Å². The highest BCUT2D eigenvalue weighted by Crippen LogP contribution is 2.24. The molecule has 1 aliphatic rings. The molecule has 0 aromatic heterocycles. The van der Waals surface area contributed by atoms with Gasteiger partial charge in [-0.25, -0.2) is 9.59 Å². The normalized spacial score (nSPS) is 22.7. The number of likely N-dealkylation sites (tertiary alicyclic amines) is 1. The van der Waals surface area contributed by atoms with Gasteiger partial charge >= 0.3 is 18.0 Å². The molecule has 21 heavy (non-hydrogen) atoms. The summed E-state index contributed by atoms with van der Waals surface area (Å²) in [7, 11) is 1.32. The third-order valence-corrected chi connectivity index (χ3v) is 4.25. The molecular formula is C13H22N2O5S. The van der Waals surface area contributed by atoms with E-state index in [2.05, 4.69) is 5.32 Å². The second-order valence-electron chi connectivity index (χ2n) is 5.13. The molecule has 0 aromatic rings. The van der Waals surface area contributed by atoms with Crippen LogP contribution in [0.1, 0.15) is 13.3 Å². The highest BCUT2D eigenvalue weighted by Gasteiger charge is 2.38. The van der Waals surface area contributed by atoms with Gasteiger partial charge in [-0.15, -0.1) is 0 Å². The molecule has 1 rings (SSSR count). The predicted octanol–water partition coefficient (Wildman–Crippen LogP) is 0.643. The summed E-state index contributed by atoms with van der Waals surface area (Å²) in [6, 6.07) is -1.35. The number of thioether (sulfide) groups is 1. The maximum atomic E-state index is 12.1. The molecule has 2 amide bonds. The number of aliphatic carboxylic acids is 1. The Bertz CT molecular complexity index is 404. The standard InChI is InChI=1S/C13H22N2O5S/c1-8-6-15(7-9(8)12(18)20-2)13(19)14-10(11(16)17)4-5-21-3/h8-10H,4-7H2,1-3H3,(H,14,19)(H,16,17)/t8?,9?,10-/m0/s1. The smallest absolute Gasteiger partial charge is 0.326 e. The van der Waals surface area contributed by atoms with Gasteiger partial charge in [0.1, 0.15) is 6.04 Å². The number of urea groups is 1. The molecule has 3 atom stereocenters. The highest BCUT2D eigenvalue weighted by atomic mass is 32.2. The average Bonchev–Trinajstić information content (AvgIpc) is 2.84. The van der Waals surface area contributed by atoms with E-state index in [-0.39, 0.29) is 24.3 Å². The van der Waals surface area contributed by atoms with Crippen LogP contribution in [-0.4, -0.2) is 66.2 Å². The second kappa shape index (κ2) is 8.11. The first-order chi connectivity index (χ1) is 9.90. The van der Waals surface area contributed by atoms with Gasteiger partial charge in [0.15, 0.2) is 0 Å². The van der Waals surface area contributed by atoms with E-state index in [0.717, 1.165) is 0 Å². The molecule has 0 aromatic carbocycles. The van der Waals surface area contributed by atoms with Gasteiger partial charge in [-0.2, -0.15) is 11.8 Å². The average molecular weight is 318 g/mol. The Morgan fingerprint density at radius 3 is 2.62 bits per heavy atom. The summed E-state index contributed by atoms with van der Waals surface area (Å²) in [5, 5.41) is 11.6. The maximum Gasteiger partial charge on any atom is 0.326 e. The molecule has 2 N–H and O–H groups in total. The Balaban J connectivity index is 2.59. The fourth-order valence-electron chi connectivity index (χ4n) is 2.32. The first kappa shape index (κ1) is 17.6. The largest absolute Gasteiger partial charge is 0.480 e. The fraction of sp³-hybridized carbons (Fsp3) is 0.769. The first-order valence-electron chi connectivity index (χ1n) is 6.75. The van der Waals surface area contributed by atoms with Crippen LogP contribution in [0.2, 0.25) is 0 Å². The lowest BCUT2D eigenvalue weighted by atomic mass is 9.99. The Morgan fingerprint density at radius 2 is 2.10 bits per heavy atom. The molecule has 120 valence electrons. The topological polar surface area (TPSA) is 95.9 Å². The molecule has 0 aliphatic carbocycles. The summed E-state index contributed by atoms with van der Waals surface area (Å²) in [6.45, 7) is 2.55. The minimum absolute atomic E-state index is 0.00215. The number of hydrogen-bond donors (Lipinski definition) is 2. The number of amides is 2. The van der Waals surface area contributed by atoms with Gasteiger partial charge in [0, 0.05) is 13.1 Å². The summed E-state index contributed by atoms with van der Waals surface area (Å²) in [5.74, 6) is -1.09. The van der Waals surface area contributed by atoms with Crippen molar-refractivity contribution in [2.24, 2.45) is 11.8 Å². The summed E-state index contributed by atoms with van der Waals surface area (Å²) in [5.41, 5.74) is 0. The van der Waals surface area contributed by atoms with Crippen LogP contribution in [0, 0.1) is 11.8 Å². The molecule has 1 heterocycles. The van der Waals surface area contributed by atoms with Crippen molar-refractivity contribution in [3.8, 4) is 0 Å². The summed E-state index contributed by atoms with van der Waals surface area (Å²) in [6.07, 6.45) is 2.25. The number of ether oxygens (including phenoxy) is 1. The van der Waals surface area contributed by atoms with Crippen LogP contribution in [0.15, 0.2) is 0 Å². The quantitative estimate of drug-likeness (QED) is 0.698. The lowest BCUT2D eigenvalue weighted by Gasteiger charge is -2.20. The zero-order valence-corrected chi connectivity index (χ0v) is 13.3. The van der Waals surface area contributed by atoms with Crippen molar-refractivity contribution in [2.75, 3.05) is 32.2 Å². The lowest BCUT2D eigenvalue weighted by Crippen LogP contribution is -2.47. The fourth-order valence-corrected chi connectivity index (χ4v) is 2.80. The highest BCUT2D eigenvalue weighted by molar-refractivity contribution is 7.98. The number of rotatable bonds is 6. The van der Waals surface area contributed by atoms with E-state index < -0.39 is 18.0 Å². The van der Waals surface area contributed by atoms with Crippen molar-refractivity contribution in [3.63, 3.8) is 0 Å². The van der Waals surface area contributed by atoms with E-state index in [1.54, 1.807) is 0 Å². The molecule has 0 radical (unpaired) electrons. The monoisotopic (exact) mass is 318 g/mol. The van der Waals surface area contributed by atoms with Gasteiger partial charge < -0.3 is 20.1 Å². The van der Waals surface area contributed by atoms with Crippen molar-refractivity contribution in [1.29, 1.82) is 0 Å². The summed E-state index contributed by atoms with van der Waals surface area (Å²) < 4.78 is 4.71. The third kappa shape index (κ3) is 4.80. The van der Waals surface area contributed by atoms with Crippen LogP contribution < -0.4 is 5.32 Å². The van der Waals surface area contributed by atoms with Gasteiger partial charge in [-0.05, 0) is 24.3 Å². The minimum Gasteiger partial charge on any atom is -0.480 e. The molecule has 8 heteroatoms. The first-order valence-corrected chi connectivity index (χ1v) is 8.15. The van der Waals surface area contributed by atoms with Gasteiger partial charge in [0.05, 0.1) is 13.0 Å². The van der Waals surface area contributed by atoms with E-state index in [1.165, 1.54) is 23.8 Å². The van der Waals surface area contributed by atoms with Crippen molar-refractivity contribution in [1.82, 2.24) is 10.2 Å². The predicted molar refractivity (Wildman–Crippen MR) is 79.2 cm³/mol. The Morgan fingerprint density at radius 1 is 1.43 bits per heavy atom. The third-order valence-electron chi connectivity index (χ3n) is 3.61. The van der Waals surface area contributed by atoms with Crippen molar-refractivity contribution in [3.05, 3.63) is 0 Å². The Kier molecular flexibility index (Phi) is 6.80. The molecule has 0 bridgehead atoms. The van der Waals surface area contributed by atoms with Gasteiger partial charge in [-0.3, -0.25) is 4.79 Å². The van der Waals surface area contributed by atoms with Crippen molar-refractivity contribution < 1.29 is 24.2 Å². The Labute approximate surface area is 128 Å². The zero-order valence-electron chi connectivity index (χ0n) is 12.5. The van der Waals surface area contributed by atoms with Crippen LogP contribution >= 0.6 is 11.8 Å². The SMILES string of the molecule is COC(=O)C1CN(C(=O)N[C@@H](CCSC)C(=O)O)CC1C. The van der Waals surface area contributed by atoms with E-state index in [0.29, 0.717) is 18.7 Å². The van der Waals surface area contributed by atoms with E-state index in [4.69, 9.17) is 9.84 Å². The second-order valence-corrected chi connectivity index (χ2v) is 6.12. The number of carbonyl (C=O) groups is 3. The molecule has 2 unspecified atom stereocenters. The van der Waals surface area contributed by atoms with Crippen LogP contribution in [0.3, 0.4) is 0 Å². The maximum absolute atomic E-state index is 12.1. The molecular weight excluding hydrogens is 296 g/mol. The van der Waals surface area contributed by atoms with Crippen molar-refractivity contribution in [2.45, 2.75) is 19.4 Å². The molecule has 0 saturated carbocycles. The van der Waals surface area contributed by atoms with Crippen molar-refractivity contribution >= 4 is 29.7 Å². The van der Waals surface area contributed by atoms with E-state index in [9.17, 15) is 14.4 Å². The minimum atomic E-state index is -1.05. The van der Waals surface area contributed by atoms with E-state index >= 15 is 0 Å². The van der Waals surface area contributed by atoms with Gasteiger partial charge in [0.25, 0.3) is 0 Å². The van der Waals surface area contributed by atoms with Crippen LogP contribution in [0.5, 0.6) is 0 Å². The number of carboxylic acid groups (broad SMARTS) is 1.